The Hall–Kier alpha value is -2.82. The summed E-state index contributed by atoms with van der Waals surface area (Å²) in [6.45, 7) is 2.85. The van der Waals surface area contributed by atoms with Crippen LogP contribution >= 0.6 is 0 Å². The van der Waals surface area contributed by atoms with Gasteiger partial charge in [0.2, 0.25) is 5.91 Å². The van der Waals surface area contributed by atoms with Crippen LogP contribution in [0.2, 0.25) is 0 Å². The van der Waals surface area contributed by atoms with Gasteiger partial charge in [0.15, 0.2) is 0 Å². The highest BCUT2D eigenvalue weighted by atomic mass is 16.5. The molecule has 124 valence electrons. The van der Waals surface area contributed by atoms with Crippen LogP contribution in [0.15, 0.2) is 57.8 Å². The van der Waals surface area contributed by atoms with Gasteiger partial charge in [0.05, 0.1) is 12.6 Å². The number of carbonyl (C=O) groups excluding carboxylic acids is 1. The van der Waals surface area contributed by atoms with Crippen molar-refractivity contribution in [2.45, 2.75) is 19.4 Å². The molecule has 2 aromatic rings. The van der Waals surface area contributed by atoms with Crippen LogP contribution in [-0.2, 0) is 4.79 Å². The lowest BCUT2D eigenvalue weighted by Gasteiger charge is -2.15. The van der Waals surface area contributed by atoms with E-state index in [2.05, 4.69) is 0 Å². The molecule has 1 aliphatic heterocycles. The third kappa shape index (κ3) is 4.13. The molecule has 3 rings (SSSR count). The van der Waals surface area contributed by atoms with Gasteiger partial charge in [0, 0.05) is 25.1 Å². The summed E-state index contributed by atoms with van der Waals surface area (Å²) in [7, 11) is 0. The summed E-state index contributed by atoms with van der Waals surface area (Å²) >= 11 is 0. The van der Waals surface area contributed by atoms with E-state index in [4.69, 9.17) is 9.15 Å². The summed E-state index contributed by atoms with van der Waals surface area (Å²) in [4.78, 5) is 25.4. The first kappa shape index (κ1) is 16.1. The van der Waals surface area contributed by atoms with Crippen molar-refractivity contribution >= 4 is 12.0 Å². The summed E-state index contributed by atoms with van der Waals surface area (Å²) in [5, 5.41) is 0. The number of carbonyl (C=O) groups is 1. The molecule has 0 radical (unpaired) electrons. The smallest absolute Gasteiger partial charge is 0.339 e. The van der Waals surface area contributed by atoms with E-state index in [0.29, 0.717) is 24.6 Å². The van der Waals surface area contributed by atoms with Crippen LogP contribution in [0.3, 0.4) is 0 Å². The molecular formula is C19H19NO4. The molecule has 0 aliphatic carbocycles. The first-order valence-electron chi connectivity index (χ1n) is 7.90. The Morgan fingerprint density at radius 2 is 2.08 bits per heavy atom. The van der Waals surface area contributed by atoms with E-state index in [-0.39, 0.29) is 12.0 Å². The molecule has 24 heavy (non-hydrogen) atoms. The predicted molar refractivity (Wildman–Crippen MR) is 90.8 cm³/mol. The van der Waals surface area contributed by atoms with Gasteiger partial charge in [0.1, 0.15) is 17.6 Å². The van der Waals surface area contributed by atoms with E-state index in [1.807, 2.05) is 36.4 Å². The molecular weight excluding hydrogens is 306 g/mol. The van der Waals surface area contributed by atoms with Gasteiger partial charge in [-0.15, -0.1) is 0 Å². The van der Waals surface area contributed by atoms with Crippen molar-refractivity contribution in [1.82, 2.24) is 4.90 Å². The Balaban J connectivity index is 1.57. The number of hydrogen-bond acceptors (Lipinski definition) is 4. The van der Waals surface area contributed by atoms with Crippen LogP contribution in [0, 0.1) is 6.92 Å². The number of hydrogen-bond donors (Lipinski definition) is 0. The highest BCUT2D eigenvalue weighted by Crippen LogP contribution is 2.18. The summed E-state index contributed by atoms with van der Waals surface area (Å²) in [5.41, 5.74) is 0.561. The fourth-order valence-corrected chi connectivity index (χ4v) is 2.70. The van der Waals surface area contributed by atoms with Gasteiger partial charge in [0.25, 0.3) is 0 Å². The minimum atomic E-state index is -0.429. The summed E-state index contributed by atoms with van der Waals surface area (Å²) in [6, 6.07) is 12.7. The standard InChI is InChI=1S/C19H19NO4/c1-14-11-17(12-19(22)23-14)24-16-9-10-20(13-16)18(21)8-7-15-5-3-2-4-6-15/h2-8,11-12,16H,9-10,13H2,1H3. The van der Waals surface area contributed by atoms with E-state index >= 15 is 0 Å². The zero-order valence-electron chi connectivity index (χ0n) is 13.5. The highest BCUT2D eigenvalue weighted by Gasteiger charge is 2.26. The molecule has 5 heteroatoms. The molecule has 5 nitrogen and oxygen atoms in total. The average molecular weight is 325 g/mol. The number of aryl methyl sites for hydroxylation is 1. The molecule has 2 heterocycles. The average Bonchev–Trinajstić information content (AvgIpc) is 3.01. The van der Waals surface area contributed by atoms with Crippen molar-refractivity contribution in [3.05, 3.63) is 70.3 Å². The fraction of sp³-hybridized carbons (Fsp3) is 0.263. The second kappa shape index (κ2) is 7.17. The molecule has 0 spiro atoms. The summed E-state index contributed by atoms with van der Waals surface area (Å²) < 4.78 is 10.7. The maximum atomic E-state index is 12.2. The minimum Gasteiger partial charge on any atom is -0.488 e. The van der Waals surface area contributed by atoms with E-state index in [9.17, 15) is 9.59 Å². The van der Waals surface area contributed by atoms with Gasteiger partial charge in [-0.3, -0.25) is 4.79 Å². The molecule has 1 atom stereocenters. The zero-order chi connectivity index (χ0) is 16.9. The Morgan fingerprint density at radius 3 is 2.83 bits per heavy atom. The maximum absolute atomic E-state index is 12.2. The third-order valence-electron chi connectivity index (χ3n) is 3.84. The number of amides is 1. The Bertz CT molecular complexity index is 795. The molecule has 0 bridgehead atoms. The van der Waals surface area contributed by atoms with E-state index in [1.54, 1.807) is 24.0 Å². The topological polar surface area (TPSA) is 59.8 Å². The lowest BCUT2D eigenvalue weighted by molar-refractivity contribution is -0.125. The van der Waals surface area contributed by atoms with Crippen molar-refractivity contribution in [3.8, 4) is 5.75 Å². The van der Waals surface area contributed by atoms with Crippen LogP contribution in [0.1, 0.15) is 17.7 Å². The molecule has 1 amide bonds. The van der Waals surface area contributed by atoms with Gasteiger partial charge < -0.3 is 14.1 Å². The SMILES string of the molecule is Cc1cc(OC2CCN(C(=O)C=Cc3ccccc3)C2)cc(=O)o1. The van der Waals surface area contributed by atoms with Crippen molar-refractivity contribution in [3.63, 3.8) is 0 Å². The van der Waals surface area contributed by atoms with E-state index < -0.39 is 5.63 Å². The zero-order valence-corrected chi connectivity index (χ0v) is 13.5. The number of ether oxygens (including phenoxy) is 1. The van der Waals surface area contributed by atoms with Crippen molar-refractivity contribution in [2.75, 3.05) is 13.1 Å². The minimum absolute atomic E-state index is 0.0336. The van der Waals surface area contributed by atoms with Gasteiger partial charge in [-0.25, -0.2) is 4.79 Å². The largest absolute Gasteiger partial charge is 0.488 e. The van der Waals surface area contributed by atoms with Crippen LogP contribution < -0.4 is 10.4 Å². The molecule has 1 aromatic carbocycles. The molecule has 1 saturated heterocycles. The summed E-state index contributed by atoms with van der Waals surface area (Å²) in [5.74, 6) is 0.964. The Kier molecular flexibility index (Phi) is 4.79. The number of benzene rings is 1. The lowest BCUT2D eigenvalue weighted by Crippen LogP contribution is -2.29. The van der Waals surface area contributed by atoms with Crippen LogP contribution in [-0.4, -0.2) is 30.0 Å². The van der Waals surface area contributed by atoms with Gasteiger partial charge >= 0.3 is 5.63 Å². The fourth-order valence-electron chi connectivity index (χ4n) is 2.70. The quantitative estimate of drug-likeness (QED) is 0.811. The lowest BCUT2D eigenvalue weighted by atomic mass is 10.2. The van der Waals surface area contributed by atoms with Crippen LogP contribution in [0.5, 0.6) is 5.75 Å². The van der Waals surface area contributed by atoms with Crippen molar-refractivity contribution in [1.29, 1.82) is 0 Å². The predicted octanol–water partition coefficient (Wildman–Crippen LogP) is 2.64. The molecule has 1 fully saturated rings. The second-order valence-corrected chi connectivity index (χ2v) is 5.78. The monoisotopic (exact) mass is 325 g/mol. The maximum Gasteiger partial charge on any atom is 0.339 e. The number of likely N-dealkylation sites (tertiary alicyclic amines) is 1. The molecule has 1 unspecified atom stereocenters. The first-order valence-corrected chi connectivity index (χ1v) is 7.90. The normalized spacial score (nSPS) is 17.4. The molecule has 0 N–H and O–H groups in total. The summed E-state index contributed by atoms with van der Waals surface area (Å²) in [6.07, 6.45) is 4.02. The van der Waals surface area contributed by atoms with Crippen LogP contribution in [0.4, 0.5) is 0 Å². The Labute approximate surface area is 140 Å². The third-order valence-corrected chi connectivity index (χ3v) is 3.84. The van der Waals surface area contributed by atoms with E-state index in [1.165, 1.54) is 6.07 Å². The van der Waals surface area contributed by atoms with Crippen LogP contribution in [0.25, 0.3) is 6.08 Å². The second-order valence-electron chi connectivity index (χ2n) is 5.78. The molecule has 1 aliphatic rings. The van der Waals surface area contributed by atoms with Gasteiger partial charge in [-0.2, -0.15) is 0 Å². The number of nitrogens with zero attached hydrogens (tertiary/aromatic N) is 1. The number of rotatable bonds is 4. The molecule has 0 saturated carbocycles. The van der Waals surface area contributed by atoms with Crippen molar-refractivity contribution in [2.24, 2.45) is 0 Å². The highest BCUT2D eigenvalue weighted by molar-refractivity contribution is 5.92. The Morgan fingerprint density at radius 1 is 1.29 bits per heavy atom. The van der Waals surface area contributed by atoms with E-state index in [0.717, 1.165) is 12.0 Å². The first-order chi connectivity index (χ1) is 11.6. The molecule has 1 aromatic heterocycles. The van der Waals surface area contributed by atoms with Gasteiger partial charge in [-0.1, -0.05) is 30.3 Å². The van der Waals surface area contributed by atoms with Crippen molar-refractivity contribution < 1.29 is 13.9 Å². The van der Waals surface area contributed by atoms with Gasteiger partial charge in [-0.05, 0) is 18.6 Å².